The molecule has 1 fully saturated rings. The predicted octanol–water partition coefficient (Wildman–Crippen LogP) is 3.91. The molecule has 0 aromatic rings. The molecule has 19 heavy (non-hydrogen) atoms. The van der Waals surface area contributed by atoms with Gasteiger partial charge >= 0.3 is 0 Å². The zero-order valence-corrected chi connectivity index (χ0v) is 14.1. The first-order chi connectivity index (χ1) is 9.07. The van der Waals surface area contributed by atoms with Gasteiger partial charge in [-0.2, -0.15) is 0 Å². The summed E-state index contributed by atoms with van der Waals surface area (Å²) in [4.78, 5) is 2.48. The van der Waals surface area contributed by atoms with Crippen molar-refractivity contribution in [2.75, 3.05) is 21.1 Å². The van der Waals surface area contributed by atoms with Crippen molar-refractivity contribution in [2.45, 2.75) is 77.3 Å². The smallest absolute Gasteiger partial charge is 0.0353 e. The second-order valence-corrected chi connectivity index (χ2v) is 6.59. The lowest BCUT2D eigenvalue weighted by atomic mass is 9.66. The third-order valence-electron chi connectivity index (χ3n) is 5.93. The summed E-state index contributed by atoms with van der Waals surface area (Å²) in [5.74, 6) is 1.77. The summed E-state index contributed by atoms with van der Waals surface area (Å²) in [7, 11) is 6.71. The minimum atomic E-state index is 0.310. The fourth-order valence-electron chi connectivity index (χ4n) is 4.66. The van der Waals surface area contributed by atoms with Gasteiger partial charge in [-0.15, -0.1) is 0 Å². The topological polar surface area (TPSA) is 15.3 Å². The molecule has 0 aromatic heterocycles. The van der Waals surface area contributed by atoms with Crippen LogP contribution in [0, 0.1) is 11.8 Å². The lowest BCUT2D eigenvalue weighted by molar-refractivity contribution is 0.0309. The Balaban J connectivity index is 3.01. The van der Waals surface area contributed by atoms with Crippen LogP contribution in [0.5, 0.6) is 0 Å². The van der Waals surface area contributed by atoms with E-state index in [0.29, 0.717) is 11.6 Å². The van der Waals surface area contributed by atoms with Gasteiger partial charge in [0.05, 0.1) is 0 Å². The van der Waals surface area contributed by atoms with E-state index in [9.17, 15) is 0 Å². The molecule has 2 heteroatoms. The summed E-state index contributed by atoms with van der Waals surface area (Å²) in [6.45, 7) is 7.10. The van der Waals surface area contributed by atoms with Gasteiger partial charge in [-0.1, -0.05) is 46.5 Å². The van der Waals surface area contributed by atoms with Crippen molar-refractivity contribution < 1.29 is 0 Å². The molecule has 0 amide bonds. The lowest BCUT2D eigenvalue weighted by Gasteiger charge is -2.51. The van der Waals surface area contributed by atoms with Crippen molar-refractivity contribution >= 4 is 0 Å². The number of hydrogen-bond acceptors (Lipinski definition) is 2. The number of rotatable bonds is 7. The van der Waals surface area contributed by atoms with Gasteiger partial charge in [0.1, 0.15) is 0 Å². The van der Waals surface area contributed by atoms with Gasteiger partial charge in [0.2, 0.25) is 0 Å². The average Bonchev–Trinajstić information content (AvgIpc) is 2.44. The maximum atomic E-state index is 3.72. The van der Waals surface area contributed by atoms with E-state index in [1.165, 1.54) is 44.9 Å². The normalized spacial score (nSPS) is 26.7. The van der Waals surface area contributed by atoms with E-state index in [1.54, 1.807) is 0 Å². The van der Waals surface area contributed by atoms with Crippen molar-refractivity contribution in [3.05, 3.63) is 0 Å². The van der Waals surface area contributed by atoms with E-state index in [1.807, 2.05) is 0 Å². The highest BCUT2D eigenvalue weighted by atomic mass is 15.2. The van der Waals surface area contributed by atoms with E-state index < -0.39 is 0 Å². The van der Waals surface area contributed by atoms with Crippen LogP contribution in [-0.4, -0.2) is 37.6 Å². The Morgan fingerprint density at radius 2 is 1.68 bits per heavy atom. The highest BCUT2D eigenvalue weighted by Crippen LogP contribution is 2.40. The zero-order chi connectivity index (χ0) is 14.5. The van der Waals surface area contributed by atoms with Crippen LogP contribution in [0.4, 0.5) is 0 Å². The van der Waals surface area contributed by atoms with E-state index in [-0.39, 0.29) is 0 Å². The van der Waals surface area contributed by atoms with E-state index in [4.69, 9.17) is 0 Å². The molecule has 0 aliphatic heterocycles. The third-order valence-corrected chi connectivity index (χ3v) is 5.93. The summed E-state index contributed by atoms with van der Waals surface area (Å²) >= 11 is 0. The van der Waals surface area contributed by atoms with Crippen LogP contribution < -0.4 is 5.32 Å². The summed E-state index contributed by atoms with van der Waals surface area (Å²) < 4.78 is 0. The molecule has 0 spiro atoms. The van der Waals surface area contributed by atoms with Gasteiger partial charge in [-0.25, -0.2) is 0 Å². The quantitative estimate of drug-likeness (QED) is 0.753. The molecule has 3 atom stereocenters. The van der Waals surface area contributed by atoms with Gasteiger partial charge in [0, 0.05) is 11.6 Å². The van der Waals surface area contributed by atoms with Gasteiger partial charge in [-0.05, 0) is 52.2 Å². The molecular weight excluding hydrogens is 232 g/mol. The molecule has 114 valence electrons. The van der Waals surface area contributed by atoms with Gasteiger partial charge in [-0.3, -0.25) is 0 Å². The average molecular weight is 268 g/mol. The molecule has 1 rings (SSSR count). The first-order valence-corrected chi connectivity index (χ1v) is 8.42. The fourth-order valence-corrected chi connectivity index (χ4v) is 4.66. The molecule has 0 bridgehead atoms. The van der Waals surface area contributed by atoms with E-state index in [2.05, 4.69) is 52.1 Å². The summed E-state index contributed by atoms with van der Waals surface area (Å²) in [5.41, 5.74) is 0.310. The standard InChI is InChI=1S/C17H36N2/c1-7-14-12-10-11-13-15(14)16(18-4)17(8-2,9-3)19(5)6/h14-16,18H,7-13H2,1-6H3. The Morgan fingerprint density at radius 1 is 1.11 bits per heavy atom. The van der Waals surface area contributed by atoms with Crippen LogP contribution in [0.1, 0.15) is 65.7 Å². The minimum Gasteiger partial charge on any atom is -0.315 e. The Labute approximate surface area is 121 Å². The monoisotopic (exact) mass is 268 g/mol. The summed E-state index contributed by atoms with van der Waals surface area (Å²) in [6, 6.07) is 0.628. The first kappa shape index (κ1) is 17.0. The van der Waals surface area contributed by atoms with Crippen LogP contribution >= 0.6 is 0 Å². The van der Waals surface area contributed by atoms with Crippen LogP contribution in [0.3, 0.4) is 0 Å². The number of hydrogen-bond donors (Lipinski definition) is 1. The maximum Gasteiger partial charge on any atom is 0.0353 e. The SMILES string of the molecule is CCC1CCCCC1C(NC)C(CC)(CC)N(C)C. The second kappa shape index (κ2) is 7.64. The molecule has 1 N–H and O–H groups in total. The van der Waals surface area contributed by atoms with Crippen molar-refractivity contribution in [3.63, 3.8) is 0 Å². The fraction of sp³-hybridized carbons (Fsp3) is 1.00. The lowest BCUT2D eigenvalue weighted by Crippen LogP contribution is -2.62. The molecule has 0 radical (unpaired) electrons. The van der Waals surface area contributed by atoms with Gasteiger partial charge in [0.25, 0.3) is 0 Å². The molecule has 3 unspecified atom stereocenters. The van der Waals surface area contributed by atoms with Crippen LogP contribution in [0.25, 0.3) is 0 Å². The number of nitrogens with one attached hydrogen (secondary N) is 1. The number of nitrogens with zero attached hydrogens (tertiary/aromatic N) is 1. The van der Waals surface area contributed by atoms with Crippen molar-refractivity contribution in [1.82, 2.24) is 10.2 Å². The third kappa shape index (κ3) is 3.33. The van der Waals surface area contributed by atoms with Crippen LogP contribution in [0.15, 0.2) is 0 Å². The first-order valence-electron chi connectivity index (χ1n) is 8.42. The molecular formula is C17H36N2. The van der Waals surface area contributed by atoms with Crippen molar-refractivity contribution in [1.29, 1.82) is 0 Å². The second-order valence-electron chi connectivity index (χ2n) is 6.59. The Kier molecular flexibility index (Phi) is 6.82. The molecule has 0 aromatic carbocycles. The Hall–Kier alpha value is -0.0800. The minimum absolute atomic E-state index is 0.310. The summed E-state index contributed by atoms with van der Waals surface area (Å²) in [5, 5.41) is 3.72. The Morgan fingerprint density at radius 3 is 2.11 bits per heavy atom. The largest absolute Gasteiger partial charge is 0.315 e. The highest BCUT2D eigenvalue weighted by Gasteiger charge is 2.43. The predicted molar refractivity (Wildman–Crippen MR) is 85.6 cm³/mol. The molecule has 2 nitrogen and oxygen atoms in total. The Bertz CT molecular complexity index is 246. The number of likely N-dealkylation sites (N-methyl/N-ethyl adjacent to an activating group) is 2. The van der Waals surface area contributed by atoms with Crippen molar-refractivity contribution in [3.8, 4) is 0 Å². The summed E-state index contributed by atoms with van der Waals surface area (Å²) in [6.07, 6.45) is 9.54. The van der Waals surface area contributed by atoms with Gasteiger partial charge in [0.15, 0.2) is 0 Å². The molecule has 0 saturated heterocycles. The highest BCUT2D eigenvalue weighted by molar-refractivity contribution is 5.01. The molecule has 0 heterocycles. The van der Waals surface area contributed by atoms with Gasteiger partial charge < -0.3 is 10.2 Å². The van der Waals surface area contributed by atoms with Crippen LogP contribution in [0.2, 0.25) is 0 Å². The molecule has 1 aliphatic carbocycles. The van der Waals surface area contributed by atoms with E-state index >= 15 is 0 Å². The van der Waals surface area contributed by atoms with Crippen LogP contribution in [-0.2, 0) is 0 Å². The zero-order valence-electron chi connectivity index (χ0n) is 14.1. The maximum absolute atomic E-state index is 3.72. The van der Waals surface area contributed by atoms with Crippen molar-refractivity contribution in [2.24, 2.45) is 11.8 Å². The molecule has 1 saturated carbocycles. The molecule has 1 aliphatic rings. The van der Waals surface area contributed by atoms with E-state index in [0.717, 1.165) is 11.8 Å².